The van der Waals surface area contributed by atoms with Crippen molar-refractivity contribution in [3.05, 3.63) is 45.0 Å². The molecule has 0 saturated carbocycles. The average Bonchev–Trinajstić information content (AvgIpc) is 2.34. The largest absolute Gasteiger partial charge is 0.382 e. The Morgan fingerprint density at radius 3 is 2.33 bits per heavy atom. The zero-order chi connectivity index (χ0) is 13.1. The van der Waals surface area contributed by atoms with Crippen molar-refractivity contribution in [2.24, 2.45) is 0 Å². The first-order valence-electron chi connectivity index (χ1n) is 4.92. The number of hydrogen-bond donors (Lipinski definition) is 2. The van der Waals surface area contributed by atoms with Crippen LogP contribution in [-0.4, -0.2) is 16.1 Å². The standard InChI is InChI=1S/C11H8Br2N4O/c12-6-2-1-3-7(13)10(6)15-11(18)8-4-5-9(14)17-16-8/h1-5H,(H2,14,17)(H,15,18). The van der Waals surface area contributed by atoms with Gasteiger partial charge in [-0.3, -0.25) is 4.79 Å². The average molecular weight is 372 g/mol. The fourth-order valence-electron chi connectivity index (χ4n) is 1.26. The molecule has 0 aliphatic rings. The summed E-state index contributed by atoms with van der Waals surface area (Å²) in [5.41, 5.74) is 6.25. The van der Waals surface area contributed by atoms with E-state index in [1.54, 1.807) is 0 Å². The maximum absolute atomic E-state index is 11.9. The second kappa shape index (κ2) is 5.45. The number of halogens is 2. The molecule has 1 heterocycles. The van der Waals surface area contributed by atoms with E-state index >= 15 is 0 Å². The van der Waals surface area contributed by atoms with Crippen molar-refractivity contribution in [2.45, 2.75) is 0 Å². The molecule has 1 amide bonds. The van der Waals surface area contributed by atoms with Gasteiger partial charge in [0.05, 0.1) is 5.69 Å². The van der Waals surface area contributed by atoms with Crippen molar-refractivity contribution in [1.29, 1.82) is 0 Å². The van der Waals surface area contributed by atoms with E-state index in [0.29, 0.717) is 5.69 Å². The van der Waals surface area contributed by atoms with Crippen molar-refractivity contribution >= 4 is 49.3 Å². The Hall–Kier alpha value is -1.47. The number of nitrogens with one attached hydrogen (secondary N) is 1. The van der Waals surface area contributed by atoms with Crippen LogP contribution >= 0.6 is 31.9 Å². The van der Waals surface area contributed by atoms with Gasteiger partial charge in [0.1, 0.15) is 5.82 Å². The fourth-order valence-corrected chi connectivity index (χ4v) is 2.46. The van der Waals surface area contributed by atoms with Crippen molar-refractivity contribution in [3.8, 4) is 0 Å². The van der Waals surface area contributed by atoms with E-state index in [4.69, 9.17) is 5.73 Å². The molecule has 18 heavy (non-hydrogen) atoms. The number of hydrogen-bond acceptors (Lipinski definition) is 4. The third-order valence-corrected chi connectivity index (χ3v) is 3.44. The summed E-state index contributed by atoms with van der Waals surface area (Å²) < 4.78 is 1.54. The molecule has 0 spiro atoms. The molecule has 0 saturated heterocycles. The Kier molecular flexibility index (Phi) is 3.93. The lowest BCUT2D eigenvalue weighted by Gasteiger charge is -2.08. The summed E-state index contributed by atoms with van der Waals surface area (Å²) in [5.74, 6) is -0.0799. The minimum absolute atomic E-state index is 0.201. The van der Waals surface area contributed by atoms with Crippen LogP contribution in [0.2, 0.25) is 0 Å². The molecule has 92 valence electrons. The Morgan fingerprint density at radius 2 is 1.78 bits per heavy atom. The third kappa shape index (κ3) is 2.85. The smallest absolute Gasteiger partial charge is 0.276 e. The van der Waals surface area contributed by atoms with Crippen LogP contribution < -0.4 is 11.1 Å². The Balaban J connectivity index is 2.24. The summed E-state index contributed by atoms with van der Waals surface area (Å²) >= 11 is 6.72. The van der Waals surface area contributed by atoms with Gasteiger partial charge in [0.2, 0.25) is 0 Å². The zero-order valence-electron chi connectivity index (χ0n) is 9.02. The van der Waals surface area contributed by atoms with Crippen LogP contribution in [0, 0.1) is 0 Å². The second-order valence-electron chi connectivity index (χ2n) is 3.39. The molecule has 1 aromatic heterocycles. The number of aromatic nitrogens is 2. The summed E-state index contributed by atoms with van der Waals surface area (Å²) in [6, 6.07) is 8.55. The molecule has 0 bridgehead atoms. The monoisotopic (exact) mass is 370 g/mol. The van der Waals surface area contributed by atoms with Gasteiger partial charge >= 0.3 is 0 Å². The molecule has 3 N–H and O–H groups in total. The van der Waals surface area contributed by atoms with E-state index in [1.165, 1.54) is 12.1 Å². The van der Waals surface area contributed by atoms with E-state index in [9.17, 15) is 4.79 Å². The van der Waals surface area contributed by atoms with Crippen molar-refractivity contribution in [2.75, 3.05) is 11.1 Å². The number of amides is 1. The van der Waals surface area contributed by atoms with Gasteiger partial charge in [-0.15, -0.1) is 10.2 Å². The number of benzene rings is 1. The number of para-hydroxylation sites is 1. The predicted molar refractivity (Wildman–Crippen MR) is 76.2 cm³/mol. The maximum Gasteiger partial charge on any atom is 0.276 e. The molecule has 2 aromatic rings. The molecule has 0 fully saturated rings. The summed E-state index contributed by atoms with van der Waals surface area (Å²) in [5, 5.41) is 10.1. The van der Waals surface area contributed by atoms with Crippen molar-refractivity contribution in [3.63, 3.8) is 0 Å². The maximum atomic E-state index is 11.9. The number of carbonyl (C=O) groups is 1. The Morgan fingerprint density at radius 1 is 1.11 bits per heavy atom. The van der Waals surface area contributed by atoms with Gasteiger partial charge in [0.15, 0.2) is 5.69 Å². The summed E-state index contributed by atoms with van der Waals surface area (Å²) in [6.45, 7) is 0. The molecular weight excluding hydrogens is 364 g/mol. The lowest BCUT2D eigenvalue weighted by molar-refractivity contribution is 0.102. The Bertz CT molecular complexity index is 566. The Labute approximate surface area is 120 Å². The molecule has 0 unspecified atom stereocenters. The number of anilines is 2. The fraction of sp³-hybridized carbons (Fsp3) is 0. The third-order valence-electron chi connectivity index (χ3n) is 2.12. The van der Waals surface area contributed by atoms with Gasteiger partial charge < -0.3 is 11.1 Å². The zero-order valence-corrected chi connectivity index (χ0v) is 12.2. The van der Waals surface area contributed by atoms with E-state index in [0.717, 1.165) is 8.95 Å². The van der Waals surface area contributed by atoms with E-state index in [2.05, 4.69) is 47.4 Å². The lowest BCUT2D eigenvalue weighted by atomic mass is 10.3. The highest BCUT2D eigenvalue weighted by Gasteiger charge is 2.12. The highest BCUT2D eigenvalue weighted by Crippen LogP contribution is 2.30. The van der Waals surface area contributed by atoms with Crippen LogP contribution in [0.4, 0.5) is 11.5 Å². The van der Waals surface area contributed by atoms with Crippen LogP contribution in [0.15, 0.2) is 39.3 Å². The van der Waals surface area contributed by atoms with Crippen LogP contribution in [-0.2, 0) is 0 Å². The van der Waals surface area contributed by atoms with Crippen LogP contribution in [0.1, 0.15) is 10.5 Å². The summed E-state index contributed by atoms with van der Waals surface area (Å²) in [7, 11) is 0. The highest BCUT2D eigenvalue weighted by molar-refractivity contribution is 9.11. The molecule has 1 aromatic carbocycles. The minimum atomic E-state index is -0.352. The van der Waals surface area contributed by atoms with Crippen LogP contribution in [0.3, 0.4) is 0 Å². The molecule has 0 aliphatic carbocycles. The topological polar surface area (TPSA) is 80.9 Å². The second-order valence-corrected chi connectivity index (χ2v) is 5.10. The van der Waals surface area contributed by atoms with E-state index in [1.807, 2.05) is 18.2 Å². The molecule has 0 atom stereocenters. The normalized spacial score (nSPS) is 10.1. The minimum Gasteiger partial charge on any atom is -0.382 e. The molecule has 0 aliphatic heterocycles. The van der Waals surface area contributed by atoms with Crippen LogP contribution in [0.25, 0.3) is 0 Å². The molecule has 0 radical (unpaired) electrons. The van der Waals surface area contributed by atoms with Gasteiger partial charge in [-0.1, -0.05) is 6.07 Å². The number of nitrogens with two attached hydrogens (primary N) is 1. The number of carbonyl (C=O) groups excluding carboxylic acids is 1. The number of nitrogen functional groups attached to an aromatic ring is 1. The molecule has 5 nitrogen and oxygen atoms in total. The summed E-state index contributed by atoms with van der Waals surface area (Å²) in [4.78, 5) is 11.9. The molecular formula is C11H8Br2N4O. The first-order valence-corrected chi connectivity index (χ1v) is 6.51. The molecule has 7 heteroatoms. The van der Waals surface area contributed by atoms with Gasteiger partial charge in [0, 0.05) is 8.95 Å². The van der Waals surface area contributed by atoms with Crippen molar-refractivity contribution < 1.29 is 4.79 Å². The number of nitrogens with zero attached hydrogens (tertiary/aromatic N) is 2. The highest BCUT2D eigenvalue weighted by atomic mass is 79.9. The van der Waals surface area contributed by atoms with Gasteiger partial charge in [-0.05, 0) is 56.1 Å². The first kappa shape index (κ1) is 13.0. The predicted octanol–water partition coefficient (Wildman–Crippen LogP) is 2.84. The quantitative estimate of drug-likeness (QED) is 0.850. The van der Waals surface area contributed by atoms with Gasteiger partial charge in [0.25, 0.3) is 5.91 Å². The SMILES string of the molecule is Nc1ccc(C(=O)Nc2c(Br)cccc2Br)nn1. The van der Waals surface area contributed by atoms with Gasteiger partial charge in [-0.2, -0.15) is 0 Å². The first-order chi connectivity index (χ1) is 8.58. The van der Waals surface area contributed by atoms with E-state index in [-0.39, 0.29) is 17.4 Å². The van der Waals surface area contributed by atoms with Gasteiger partial charge in [-0.25, -0.2) is 0 Å². The number of rotatable bonds is 2. The lowest BCUT2D eigenvalue weighted by Crippen LogP contribution is -2.15. The molecule has 2 rings (SSSR count). The van der Waals surface area contributed by atoms with Crippen LogP contribution in [0.5, 0.6) is 0 Å². The van der Waals surface area contributed by atoms with E-state index < -0.39 is 0 Å². The summed E-state index contributed by atoms with van der Waals surface area (Å²) in [6.07, 6.45) is 0. The van der Waals surface area contributed by atoms with Crippen molar-refractivity contribution in [1.82, 2.24) is 10.2 Å².